The highest BCUT2D eigenvalue weighted by Crippen LogP contribution is 2.40. The van der Waals surface area contributed by atoms with Crippen LogP contribution in [-0.4, -0.2) is 20.7 Å². The highest BCUT2D eigenvalue weighted by Gasteiger charge is 2.30. The van der Waals surface area contributed by atoms with Crippen LogP contribution in [-0.2, 0) is 22.5 Å². The van der Waals surface area contributed by atoms with Gasteiger partial charge < -0.3 is 10.3 Å². The van der Waals surface area contributed by atoms with E-state index < -0.39 is 0 Å². The predicted molar refractivity (Wildman–Crippen MR) is 110 cm³/mol. The molecular weight excluding hydrogens is 356 g/mol. The fourth-order valence-electron chi connectivity index (χ4n) is 3.27. The Morgan fingerprint density at radius 1 is 1.22 bits per heavy atom. The van der Waals surface area contributed by atoms with Gasteiger partial charge in [0.05, 0.1) is 0 Å². The van der Waals surface area contributed by atoms with Gasteiger partial charge in [-0.05, 0) is 54.4 Å². The molecule has 0 atom stereocenters. The van der Waals surface area contributed by atoms with Gasteiger partial charge in [0.2, 0.25) is 5.91 Å². The number of aryl methyl sites for hydroxylation is 2. The quantitative estimate of drug-likeness (QED) is 0.722. The Labute approximate surface area is 166 Å². The van der Waals surface area contributed by atoms with Crippen molar-refractivity contribution in [3.8, 4) is 0 Å². The molecule has 1 aromatic heterocycles. The number of amides is 1. The third-order valence-electron chi connectivity index (χ3n) is 5.18. The normalized spacial score (nSPS) is 14.6. The van der Waals surface area contributed by atoms with Crippen molar-refractivity contribution in [2.45, 2.75) is 82.7 Å². The zero-order valence-electron chi connectivity index (χ0n) is 17.0. The number of thioether (sulfide) groups is 1. The van der Waals surface area contributed by atoms with Crippen molar-refractivity contribution in [1.29, 1.82) is 0 Å². The number of primary amides is 1. The van der Waals surface area contributed by atoms with Crippen LogP contribution >= 0.6 is 11.8 Å². The van der Waals surface area contributed by atoms with Crippen LogP contribution in [0.25, 0.3) is 0 Å². The monoisotopic (exact) mass is 386 g/mol. The van der Waals surface area contributed by atoms with Gasteiger partial charge in [-0.3, -0.25) is 4.79 Å². The largest absolute Gasteiger partial charge is 0.370 e. The first-order valence-corrected chi connectivity index (χ1v) is 10.6. The smallest absolute Gasteiger partial charge is 0.219 e. The van der Waals surface area contributed by atoms with Crippen molar-refractivity contribution in [3.05, 3.63) is 40.2 Å². The lowest BCUT2D eigenvalue weighted by Crippen LogP contribution is -2.15. The second kappa shape index (κ2) is 7.66. The maximum atomic E-state index is 11.2. The van der Waals surface area contributed by atoms with E-state index in [0.29, 0.717) is 18.9 Å². The van der Waals surface area contributed by atoms with Crippen molar-refractivity contribution in [2.24, 2.45) is 5.73 Å². The molecule has 1 saturated carbocycles. The van der Waals surface area contributed by atoms with Crippen molar-refractivity contribution in [2.75, 3.05) is 0 Å². The molecule has 1 aliphatic carbocycles. The molecule has 0 radical (unpaired) electrons. The van der Waals surface area contributed by atoms with E-state index in [-0.39, 0.29) is 11.3 Å². The maximum absolute atomic E-state index is 11.2. The van der Waals surface area contributed by atoms with Crippen molar-refractivity contribution < 1.29 is 4.79 Å². The van der Waals surface area contributed by atoms with Crippen LogP contribution in [0.15, 0.2) is 17.3 Å². The molecule has 27 heavy (non-hydrogen) atoms. The minimum atomic E-state index is -0.286. The number of aromatic nitrogens is 3. The number of carbonyl (C=O) groups excluding carboxylic acids is 1. The van der Waals surface area contributed by atoms with Crippen LogP contribution < -0.4 is 5.73 Å². The average Bonchev–Trinajstić information content (AvgIpc) is 3.32. The van der Waals surface area contributed by atoms with Crippen LogP contribution in [0.3, 0.4) is 0 Å². The second-order valence-electron chi connectivity index (χ2n) is 8.61. The summed E-state index contributed by atoms with van der Waals surface area (Å²) in [6.07, 6.45) is 2.64. The van der Waals surface area contributed by atoms with E-state index in [1.807, 2.05) is 0 Å². The molecular formula is C21H30N4OS. The Kier molecular flexibility index (Phi) is 5.65. The SMILES string of the molecule is Cc1cc(C(C)(C)C)cc(C)c1CSc1nnc(C2CC2)n1CCC(N)=O. The molecule has 2 N–H and O–H groups in total. The number of hydrogen-bond acceptors (Lipinski definition) is 4. The Bertz CT molecular complexity index is 823. The van der Waals surface area contributed by atoms with Crippen LogP contribution in [0.2, 0.25) is 0 Å². The van der Waals surface area contributed by atoms with Gasteiger partial charge in [0.1, 0.15) is 5.82 Å². The summed E-state index contributed by atoms with van der Waals surface area (Å²) >= 11 is 1.70. The summed E-state index contributed by atoms with van der Waals surface area (Å²) in [7, 11) is 0. The van der Waals surface area contributed by atoms with Crippen LogP contribution in [0.1, 0.15) is 74.0 Å². The minimum absolute atomic E-state index is 0.148. The topological polar surface area (TPSA) is 73.8 Å². The summed E-state index contributed by atoms with van der Waals surface area (Å²) in [6, 6.07) is 4.60. The lowest BCUT2D eigenvalue weighted by atomic mass is 9.84. The predicted octanol–water partition coefficient (Wildman–Crippen LogP) is 4.24. The van der Waals surface area contributed by atoms with E-state index in [1.165, 1.54) is 22.3 Å². The molecule has 0 unspecified atom stereocenters. The fourth-order valence-corrected chi connectivity index (χ4v) is 4.44. The third-order valence-corrected chi connectivity index (χ3v) is 6.17. The number of nitrogens with two attached hydrogens (primary N) is 1. The zero-order valence-corrected chi connectivity index (χ0v) is 17.8. The molecule has 1 aromatic carbocycles. The first kappa shape index (κ1) is 19.9. The van der Waals surface area contributed by atoms with Crippen molar-refractivity contribution in [3.63, 3.8) is 0 Å². The van der Waals surface area contributed by atoms with Gasteiger partial charge in [-0.25, -0.2) is 0 Å². The molecule has 6 heteroatoms. The van der Waals surface area contributed by atoms with Gasteiger partial charge >= 0.3 is 0 Å². The molecule has 0 aliphatic heterocycles. The Morgan fingerprint density at radius 2 is 1.85 bits per heavy atom. The van der Waals surface area contributed by atoms with Crippen LogP contribution in [0.4, 0.5) is 0 Å². The third kappa shape index (κ3) is 4.72. The summed E-state index contributed by atoms with van der Waals surface area (Å²) < 4.78 is 2.10. The summed E-state index contributed by atoms with van der Waals surface area (Å²) in [5.74, 6) is 2.07. The Balaban J connectivity index is 1.80. The highest BCUT2D eigenvalue weighted by molar-refractivity contribution is 7.98. The summed E-state index contributed by atoms with van der Waals surface area (Å²) in [6.45, 7) is 11.7. The number of rotatable bonds is 7. The van der Waals surface area contributed by atoms with Crippen molar-refractivity contribution >= 4 is 17.7 Å². The summed E-state index contributed by atoms with van der Waals surface area (Å²) in [4.78, 5) is 11.2. The minimum Gasteiger partial charge on any atom is -0.370 e. The van der Waals surface area contributed by atoms with Gasteiger partial charge in [-0.1, -0.05) is 44.7 Å². The van der Waals surface area contributed by atoms with Crippen LogP contribution in [0.5, 0.6) is 0 Å². The Morgan fingerprint density at radius 3 is 2.37 bits per heavy atom. The highest BCUT2D eigenvalue weighted by atomic mass is 32.2. The first-order valence-electron chi connectivity index (χ1n) is 9.61. The molecule has 1 heterocycles. The number of hydrogen-bond donors (Lipinski definition) is 1. The Hall–Kier alpha value is -1.82. The number of nitrogens with zero attached hydrogens (tertiary/aromatic N) is 3. The molecule has 1 aliphatic rings. The molecule has 0 spiro atoms. The summed E-state index contributed by atoms with van der Waals surface area (Å²) in [5.41, 5.74) is 10.9. The van der Waals surface area contributed by atoms with Gasteiger partial charge in [-0.2, -0.15) is 0 Å². The molecule has 146 valence electrons. The molecule has 5 nitrogen and oxygen atoms in total. The lowest BCUT2D eigenvalue weighted by Gasteiger charge is -2.22. The van der Waals surface area contributed by atoms with E-state index in [0.717, 1.165) is 29.6 Å². The lowest BCUT2D eigenvalue weighted by molar-refractivity contribution is -0.118. The van der Waals surface area contributed by atoms with Gasteiger partial charge in [0.15, 0.2) is 5.16 Å². The standard InChI is InChI=1S/C21H30N4OS/c1-13-10-16(21(3,4)5)11-14(2)17(13)12-27-20-24-23-19(15-6-7-15)25(20)9-8-18(22)26/h10-11,15H,6-9,12H2,1-5H3,(H2,22,26). The van der Waals surface area contributed by atoms with Crippen LogP contribution in [0, 0.1) is 13.8 Å². The second-order valence-corrected chi connectivity index (χ2v) is 9.55. The average molecular weight is 387 g/mol. The van der Waals surface area contributed by atoms with Gasteiger partial charge in [-0.15, -0.1) is 10.2 Å². The van der Waals surface area contributed by atoms with E-state index in [2.05, 4.69) is 61.5 Å². The van der Waals surface area contributed by atoms with E-state index in [1.54, 1.807) is 11.8 Å². The molecule has 1 fully saturated rings. The molecule has 2 aromatic rings. The van der Waals surface area contributed by atoms with Crippen molar-refractivity contribution in [1.82, 2.24) is 14.8 Å². The molecule has 0 saturated heterocycles. The van der Waals surface area contributed by atoms with Gasteiger partial charge in [0, 0.05) is 24.6 Å². The number of benzene rings is 1. The van der Waals surface area contributed by atoms with E-state index in [9.17, 15) is 4.79 Å². The van der Waals surface area contributed by atoms with Gasteiger partial charge in [0.25, 0.3) is 0 Å². The number of carbonyl (C=O) groups is 1. The first-order chi connectivity index (χ1) is 12.7. The zero-order chi connectivity index (χ0) is 19.8. The summed E-state index contributed by atoms with van der Waals surface area (Å²) in [5, 5.41) is 9.70. The van der Waals surface area contributed by atoms with E-state index in [4.69, 9.17) is 5.73 Å². The maximum Gasteiger partial charge on any atom is 0.219 e. The fraction of sp³-hybridized carbons (Fsp3) is 0.571. The molecule has 3 rings (SSSR count). The molecule has 1 amide bonds. The van der Waals surface area contributed by atoms with E-state index >= 15 is 0 Å². The molecule has 0 bridgehead atoms.